The zero-order valence-electron chi connectivity index (χ0n) is 11.8. The van der Waals surface area contributed by atoms with Gasteiger partial charge in [0.25, 0.3) is 0 Å². The quantitative estimate of drug-likeness (QED) is 0.935. The third-order valence-electron chi connectivity index (χ3n) is 3.98. The van der Waals surface area contributed by atoms with E-state index in [-0.39, 0.29) is 0 Å². The molecule has 2 aromatic rings. The van der Waals surface area contributed by atoms with Crippen LogP contribution in [0, 0.1) is 0 Å². The molecule has 1 aliphatic heterocycles. The van der Waals surface area contributed by atoms with Gasteiger partial charge < -0.3 is 5.11 Å². The first-order valence-electron chi connectivity index (χ1n) is 7.19. The van der Waals surface area contributed by atoms with E-state index in [2.05, 4.69) is 16.0 Å². The van der Waals surface area contributed by atoms with Crippen molar-refractivity contribution >= 4 is 5.97 Å². The first-order chi connectivity index (χ1) is 10.2. The van der Waals surface area contributed by atoms with Gasteiger partial charge in [-0.1, -0.05) is 12.1 Å². The summed E-state index contributed by atoms with van der Waals surface area (Å²) in [7, 11) is 0. The van der Waals surface area contributed by atoms with Crippen LogP contribution in [0.3, 0.4) is 0 Å². The van der Waals surface area contributed by atoms with Crippen molar-refractivity contribution in [3.63, 3.8) is 0 Å². The smallest absolute Gasteiger partial charge is 0.335 e. The van der Waals surface area contributed by atoms with Crippen LogP contribution in [-0.4, -0.2) is 34.0 Å². The minimum absolute atomic E-state index is 0.378. The molecule has 1 aromatic carbocycles. The summed E-state index contributed by atoms with van der Waals surface area (Å²) in [6.07, 6.45) is 5.65. The summed E-state index contributed by atoms with van der Waals surface area (Å²) in [6, 6.07) is 9.52. The molecule has 108 valence electrons. The highest BCUT2D eigenvalue weighted by molar-refractivity contribution is 5.87. The number of carboxylic acid groups (broad SMARTS) is 1. The number of hydrogen-bond donors (Lipinski definition) is 1. The number of nitrogens with zero attached hydrogens (tertiary/aromatic N) is 2. The molecule has 0 saturated heterocycles. The molecule has 1 N–H and O–H groups in total. The van der Waals surface area contributed by atoms with E-state index < -0.39 is 5.97 Å². The van der Waals surface area contributed by atoms with Gasteiger partial charge in [-0.2, -0.15) is 0 Å². The number of hydrogen-bond acceptors (Lipinski definition) is 3. The van der Waals surface area contributed by atoms with Gasteiger partial charge in [-0.05, 0) is 47.7 Å². The van der Waals surface area contributed by atoms with Crippen molar-refractivity contribution in [3.05, 3.63) is 65.0 Å². The molecule has 3 rings (SSSR count). The molecular formula is C17H18N2O2. The fourth-order valence-corrected chi connectivity index (χ4v) is 2.77. The Morgan fingerprint density at radius 1 is 1.29 bits per heavy atom. The van der Waals surface area contributed by atoms with Crippen LogP contribution >= 0.6 is 0 Å². The summed E-state index contributed by atoms with van der Waals surface area (Å²) >= 11 is 0. The Morgan fingerprint density at radius 3 is 2.95 bits per heavy atom. The number of carbonyl (C=O) groups is 1. The number of carboxylic acids is 1. The molecule has 0 spiro atoms. The van der Waals surface area contributed by atoms with Crippen LogP contribution in [0.15, 0.2) is 42.7 Å². The lowest BCUT2D eigenvalue weighted by molar-refractivity contribution is 0.0696. The van der Waals surface area contributed by atoms with Gasteiger partial charge in [0.15, 0.2) is 0 Å². The fourth-order valence-electron chi connectivity index (χ4n) is 2.77. The normalized spacial score (nSPS) is 14.7. The molecule has 0 saturated carbocycles. The molecule has 0 amide bonds. The summed E-state index contributed by atoms with van der Waals surface area (Å²) in [5.74, 6) is -0.856. The number of aromatic carboxylic acids is 1. The lowest BCUT2D eigenvalue weighted by Crippen LogP contribution is -2.32. The highest BCUT2D eigenvalue weighted by Crippen LogP contribution is 2.20. The number of aromatic nitrogens is 1. The first-order valence-corrected chi connectivity index (χ1v) is 7.19. The van der Waals surface area contributed by atoms with E-state index in [1.165, 1.54) is 11.1 Å². The summed E-state index contributed by atoms with van der Waals surface area (Å²) in [6.45, 7) is 2.83. The van der Waals surface area contributed by atoms with E-state index in [9.17, 15) is 4.79 Å². The van der Waals surface area contributed by atoms with Gasteiger partial charge >= 0.3 is 5.97 Å². The number of fused-ring (bicyclic) bond motifs is 1. The van der Waals surface area contributed by atoms with Crippen LogP contribution in [0.5, 0.6) is 0 Å². The average molecular weight is 282 g/mol. The Hall–Kier alpha value is -2.20. The Morgan fingerprint density at radius 2 is 2.19 bits per heavy atom. The third kappa shape index (κ3) is 3.28. The molecule has 0 bridgehead atoms. The van der Waals surface area contributed by atoms with Gasteiger partial charge in [-0.3, -0.25) is 9.88 Å². The number of rotatable bonds is 4. The molecule has 1 aromatic heterocycles. The van der Waals surface area contributed by atoms with Crippen LogP contribution < -0.4 is 0 Å². The maximum Gasteiger partial charge on any atom is 0.335 e. The number of pyridine rings is 1. The second kappa shape index (κ2) is 6.06. The van der Waals surface area contributed by atoms with Crippen molar-refractivity contribution in [1.82, 2.24) is 9.88 Å². The molecule has 0 fully saturated rings. The predicted molar refractivity (Wildman–Crippen MR) is 80.3 cm³/mol. The van der Waals surface area contributed by atoms with Crippen molar-refractivity contribution in [2.24, 2.45) is 0 Å². The second-order valence-electron chi connectivity index (χ2n) is 5.43. The lowest BCUT2D eigenvalue weighted by Gasteiger charge is -2.28. The minimum atomic E-state index is -0.856. The molecule has 4 heteroatoms. The summed E-state index contributed by atoms with van der Waals surface area (Å²) in [5.41, 5.74) is 4.04. The minimum Gasteiger partial charge on any atom is -0.478 e. The Labute approximate surface area is 124 Å². The maximum atomic E-state index is 11.1. The van der Waals surface area contributed by atoms with Crippen LogP contribution in [-0.2, 0) is 19.4 Å². The van der Waals surface area contributed by atoms with Crippen molar-refractivity contribution in [2.45, 2.75) is 19.4 Å². The largest absolute Gasteiger partial charge is 0.478 e. The second-order valence-corrected chi connectivity index (χ2v) is 5.43. The highest BCUT2D eigenvalue weighted by Gasteiger charge is 2.17. The Balaban J connectivity index is 1.66. The van der Waals surface area contributed by atoms with Crippen LogP contribution in [0.25, 0.3) is 0 Å². The molecule has 4 nitrogen and oxygen atoms in total. The SMILES string of the molecule is O=C(O)c1ccc2c(c1)CN(CCc1cccnc1)CC2. The van der Waals surface area contributed by atoms with Gasteiger partial charge in [-0.25, -0.2) is 4.79 Å². The molecule has 1 aliphatic rings. The van der Waals surface area contributed by atoms with E-state index in [0.717, 1.165) is 38.0 Å². The highest BCUT2D eigenvalue weighted by atomic mass is 16.4. The average Bonchev–Trinajstić information content (AvgIpc) is 2.53. The van der Waals surface area contributed by atoms with Gasteiger partial charge in [0, 0.05) is 32.0 Å². The van der Waals surface area contributed by atoms with Gasteiger partial charge in [0.1, 0.15) is 0 Å². The van der Waals surface area contributed by atoms with Crippen molar-refractivity contribution in [2.75, 3.05) is 13.1 Å². The van der Waals surface area contributed by atoms with Crippen molar-refractivity contribution < 1.29 is 9.90 Å². The van der Waals surface area contributed by atoms with Crippen LogP contribution in [0.4, 0.5) is 0 Å². The molecule has 21 heavy (non-hydrogen) atoms. The maximum absolute atomic E-state index is 11.1. The Bertz CT molecular complexity index is 640. The van der Waals surface area contributed by atoms with Crippen molar-refractivity contribution in [3.8, 4) is 0 Å². The predicted octanol–water partition coefficient (Wildman–Crippen LogP) is 2.38. The standard InChI is InChI=1S/C17H18N2O2/c20-17(21)15-4-3-14-6-9-19(12-16(14)10-15)8-5-13-2-1-7-18-11-13/h1-4,7,10-11H,5-6,8-9,12H2,(H,20,21). The van der Waals surface area contributed by atoms with E-state index in [1.807, 2.05) is 24.4 Å². The van der Waals surface area contributed by atoms with Crippen molar-refractivity contribution in [1.29, 1.82) is 0 Å². The van der Waals surface area contributed by atoms with Gasteiger partial charge in [0.2, 0.25) is 0 Å². The molecule has 0 atom stereocenters. The Kier molecular flexibility index (Phi) is 3.97. The summed E-state index contributed by atoms with van der Waals surface area (Å²) < 4.78 is 0. The lowest BCUT2D eigenvalue weighted by atomic mass is 9.97. The summed E-state index contributed by atoms with van der Waals surface area (Å²) in [5, 5.41) is 9.08. The fraction of sp³-hybridized carbons (Fsp3) is 0.294. The van der Waals surface area contributed by atoms with E-state index in [1.54, 1.807) is 12.3 Å². The molecule has 0 aliphatic carbocycles. The van der Waals surface area contributed by atoms with Crippen LogP contribution in [0.2, 0.25) is 0 Å². The summed E-state index contributed by atoms with van der Waals surface area (Å²) in [4.78, 5) is 17.6. The molecular weight excluding hydrogens is 264 g/mol. The van der Waals surface area contributed by atoms with E-state index in [0.29, 0.717) is 5.56 Å². The monoisotopic (exact) mass is 282 g/mol. The zero-order chi connectivity index (χ0) is 14.7. The molecule has 0 radical (unpaired) electrons. The van der Waals surface area contributed by atoms with Gasteiger partial charge in [-0.15, -0.1) is 0 Å². The third-order valence-corrected chi connectivity index (χ3v) is 3.98. The number of benzene rings is 1. The van der Waals surface area contributed by atoms with Gasteiger partial charge in [0.05, 0.1) is 5.56 Å². The molecule has 0 unspecified atom stereocenters. The van der Waals surface area contributed by atoms with E-state index in [4.69, 9.17) is 5.11 Å². The van der Waals surface area contributed by atoms with E-state index >= 15 is 0 Å². The first kappa shape index (κ1) is 13.8. The van der Waals surface area contributed by atoms with Crippen LogP contribution in [0.1, 0.15) is 27.0 Å². The zero-order valence-corrected chi connectivity index (χ0v) is 11.8. The molecule has 2 heterocycles. The topological polar surface area (TPSA) is 53.4 Å².